The molecule has 5 nitrogen and oxygen atoms in total. The van der Waals surface area contributed by atoms with Crippen molar-refractivity contribution in [3.8, 4) is 0 Å². The fourth-order valence-corrected chi connectivity index (χ4v) is 2.91. The van der Waals surface area contributed by atoms with Gasteiger partial charge in [-0.3, -0.25) is 9.59 Å². The third kappa shape index (κ3) is 2.49. The molecule has 2 saturated heterocycles. The van der Waals surface area contributed by atoms with Crippen LogP contribution in [0.25, 0.3) is 0 Å². The summed E-state index contributed by atoms with van der Waals surface area (Å²) in [5.41, 5.74) is 0. The molecule has 0 unspecified atom stereocenters. The van der Waals surface area contributed by atoms with Gasteiger partial charge in [0.2, 0.25) is 5.91 Å². The fraction of sp³-hybridized carbons (Fsp3) is 0.800. The maximum absolute atomic E-state index is 12.1. The SMILES string of the molecule is CN(C(=O)[C@@H]1CSC(=O)N1)C1CCNCC1. The smallest absolute Gasteiger partial charge is 0.279 e. The Hall–Kier alpha value is -0.750. The molecule has 1 atom stereocenters. The highest BCUT2D eigenvalue weighted by Crippen LogP contribution is 2.17. The van der Waals surface area contributed by atoms with Crippen LogP contribution >= 0.6 is 11.8 Å². The molecular weight excluding hydrogens is 226 g/mol. The highest BCUT2D eigenvalue weighted by Gasteiger charge is 2.32. The zero-order valence-corrected chi connectivity index (χ0v) is 10.2. The van der Waals surface area contributed by atoms with E-state index >= 15 is 0 Å². The van der Waals surface area contributed by atoms with Crippen LogP contribution in [0.5, 0.6) is 0 Å². The van der Waals surface area contributed by atoms with Crippen molar-refractivity contribution < 1.29 is 9.59 Å². The summed E-state index contributed by atoms with van der Waals surface area (Å²) >= 11 is 1.19. The molecule has 2 amide bonds. The van der Waals surface area contributed by atoms with E-state index in [0.29, 0.717) is 11.8 Å². The van der Waals surface area contributed by atoms with Crippen LogP contribution in [0, 0.1) is 0 Å². The number of nitrogens with zero attached hydrogens (tertiary/aromatic N) is 1. The summed E-state index contributed by atoms with van der Waals surface area (Å²) in [6.45, 7) is 1.93. The van der Waals surface area contributed by atoms with E-state index < -0.39 is 0 Å². The lowest BCUT2D eigenvalue weighted by molar-refractivity contribution is -0.133. The summed E-state index contributed by atoms with van der Waals surface area (Å²) in [4.78, 5) is 24.9. The summed E-state index contributed by atoms with van der Waals surface area (Å²) in [5, 5.41) is 5.88. The van der Waals surface area contributed by atoms with Crippen molar-refractivity contribution in [1.29, 1.82) is 0 Å². The molecule has 2 rings (SSSR count). The molecule has 0 aromatic heterocycles. The van der Waals surface area contributed by atoms with Crippen molar-refractivity contribution in [2.75, 3.05) is 25.9 Å². The molecule has 0 aromatic carbocycles. The molecular formula is C10H17N3O2S. The van der Waals surface area contributed by atoms with E-state index in [4.69, 9.17) is 0 Å². The molecule has 0 aromatic rings. The summed E-state index contributed by atoms with van der Waals surface area (Å²) in [6, 6.07) is -0.00589. The van der Waals surface area contributed by atoms with Crippen molar-refractivity contribution >= 4 is 22.9 Å². The number of amides is 2. The van der Waals surface area contributed by atoms with Crippen LogP contribution in [0.3, 0.4) is 0 Å². The number of piperidine rings is 1. The minimum absolute atomic E-state index is 0.0465. The van der Waals surface area contributed by atoms with Gasteiger partial charge >= 0.3 is 0 Å². The highest BCUT2D eigenvalue weighted by atomic mass is 32.2. The zero-order chi connectivity index (χ0) is 11.5. The maximum atomic E-state index is 12.1. The molecule has 2 aliphatic heterocycles. The molecule has 0 spiro atoms. The van der Waals surface area contributed by atoms with Crippen LogP contribution in [0.15, 0.2) is 0 Å². The quantitative estimate of drug-likeness (QED) is 0.718. The average molecular weight is 243 g/mol. The predicted molar refractivity (Wildman–Crippen MR) is 63.4 cm³/mol. The van der Waals surface area contributed by atoms with Crippen LogP contribution in [0.1, 0.15) is 12.8 Å². The third-order valence-electron chi connectivity index (χ3n) is 3.18. The van der Waals surface area contributed by atoms with Crippen molar-refractivity contribution in [2.45, 2.75) is 24.9 Å². The summed E-state index contributed by atoms with van der Waals surface area (Å²) in [5.74, 6) is 0.609. The largest absolute Gasteiger partial charge is 0.341 e. The minimum Gasteiger partial charge on any atom is -0.341 e. The summed E-state index contributed by atoms with van der Waals surface area (Å²) < 4.78 is 0. The average Bonchev–Trinajstić information content (AvgIpc) is 2.75. The van der Waals surface area contributed by atoms with E-state index in [0.717, 1.165) is 25.9 Å². The molecule has 0 bridgehead atoms. The summed E-state index contributed by atoms with van der Waals surface area (Å²) in [6.07, 6.45) is 1.99. The topological polar surface area (TPSA) is 61.4 Å². The molecule has 2 fully saturated rings. The minimum atomic E-state index is -0.322. The van der Waals surface area contributed by atoms with Gasteiger partial charge in [-0.05, 0) is 25.9 Å². The van der Waals surface area contributed by atoms with Gasteiger partial charge in [-0.1, -0.05) is 11.8 Å². The number of carbonyl (C=O) groups excluding carboxylic acids is 2. The number of likely N-dealkylation sites (N-methyl/N-ethyl adjacent to an activating group) is 1. The van der Waals surface area contributed by atoms with Gasteiger partial charge in [-0.15, -0.1) is 0 Å². The molecule has 16 heavy (non-hydrogen) atoms. The first kappa shape index (κ1) is 11.7. The van der Waals surface area contributed by atoms with Gasteiger partial charge < -0.3 is 15.5 Å². The Kier molecular flexibility index (Phi) is 3.70. The number of rotatable bonds is 2. The Balaban J connectivity index is 1.90. The monoisotopic (exact) mass is 243 g/mol. The van der Waals surface area contributed by atoms with E-state index in [-0.39, 0.29) is 17.2 Å². The third-order valence-corrected chi connectivity index (χ3v) is 4.06. The van der Waals surface area contributed by atoms with E-state index in [9.17, 15) is 9.59 Å². The second kappa shape index (κ2) is 5.05. The Labute approximate surface area is 99.3 Å². The number of hydrogen-bond donors (Lipinski definition) is 2. The zero-order valence-electron chi connectivity index (χ0n) is 9.36. The van der Waals surface area contributed by atoms with E-state index in [1.54, 1.807) is 4.90 Å². The van der Waals surface area contributed by atoms with Crippen LogP contribution in [0.2, 0.25) is 0 Å². The molecule has 0 aliphatic carbocycles. The Morgan fingerprint density at radius 3 is 2.69 bits per heavy atom. The van der Waals surface area contributed by atoms with Gasteiger partial charge in [0.05, 0.1) is 0 Å². The molecule has 2 N–H and O–H groups in total. The number of hydrogen-bond acceptors (Lipinski definition) is 4. The van der Waals surface area contributed by atoms with Gasteiger partial charge in [0, 0.05) is 18.8 Å². The first-order valence-corrected chi connectivity index (χ1v) is 6.57. The van der Waals surface area contributed by atoms with Crippen molar-refractivity contribution in [3.05, 3.63) is 0 Å². The number of carbonyl (C=O) groups is 2. The Morgan fingerprint density at radius 2 is 2.12 bits per heavy atom. The van der Waals surface area contributed by atoms with Crippen molar-refractivity contribution in [3.63, 3.8) is 0 Å². The van der Waals surface area contributed by atoms with Crippen molar-refractivity contribution in [1.82, 2.24) is 15.5 Å². The molecule has 0 radical (unpaired) electrons. The molecule has 0 saturated carbocycles. The van der Waals surface area contributed by atoms with Crippen LogP contribution in [0.4, 0.5) is 4.79 Å². The lowest BCUT2D eigenvalue weighted by Gasteiger charge is -2.33. The molecule has 2 aliphatic rings. The normalized spacial score (nSPS) is 26.6. The molecule has 90 valence electrons. The van der Waals surface area contributed by atoms with Crippen molar-refractivity contribution in [2.24, 2.45) is 0 Å². The van der Waals surface area contributed by atoms with Gasteiger partial charge in [0.15, 0.2) is 0 Å². The second-order valence-corrected chi connectivity index (χ2v) is 5.22. The van der Waals surface area contributed by atoms with E-state index in [1.807, 2.05) is 7.05 Å². The van der Waals surface area contributed by atoms with Gasteiger partial charge in [-0.2, -0.15) is 0 Å². The Bertz CT molecular complexity index is 292. The lowest BCUT2D eigenvalue weighted by atomic mass is 10.0. The van der Waals surface area contributed by atoms with Gasteiger partial charge in [-0.25, -0.2) is 0 Å². The van der Waals surface area contributed by atoms with Gasteiger partial charge in [0.1, 0.15) is 6.04 Å². The standard InChI is InChI=1S/C10H17N3O2S/c1-13(7-2-4-11-5-3-7)9(14)8-6-16-10(15)12-8/h7-8,11H,2-6H2,1H3,(H,12,15)/t8-/m0/s1. The second-order valence-electron chi connectivity index (χ2n) is 4.23. The molecule has 2 heterocycles. The van der Waals surface area contributed by atoms with Crippen LogP contribution in [-0.4, -0.2) is 54.0 Å². The van der Waals surface area contributed by atoms with E-state index in [2.05, 4.69) is 10.6 Å². The number of thioether (sulfide) groups is 1. The number of nitrogens with one attached hydrogen (secondary N) is 2. The summed E-state index contributed by atoms with van der Waals surface area (Å²) in [7, 11) is 1.84. The van der Waals surface area contributed by atoms with E-state index in [1.165, 1.54) is 11.8 Å². The maximum Gasteiger partial charge on any atom is 0.279 e. The lowest BCUT2D eigenvalue weighted by Crippen LogP contribution is -2.50. The highest BCUT2D eigenvalue weighted by molar-refractivity contribution is 8.14. The Morgan fingerprint density at radius 1 is 1.44 bits per heavy atom. The first-order chi connectivity index (χ1) is 7.68. The molecule has 6 heteroatoms. The fourth-order valence-electron chi connectivity index (χ4n) is 2.14. The van der Waals surface area contributed by atoms with Crippen LogP contribution in [-0.2, 0) is 4.79 Å². The first-order valence-electron chi connectivity index (χ1n) is 5.59. The van der Waals surface area contributed by atoms with Gasteiger partial charge in [0.25, 0.3) is 5.24 Å². The predicted octanol–water partition coefficient (Wildman–Crippen LogP) is 0.0218. The van der Waals surface area contributed by atoms with Crippen LogP contribution < -0.4 is 10.6 Å².